The summed E-state index contributed by atoms with van der Waals surface area (Å²) in [6, 6.07) is 22.3. The number of imidazole rings is 1. The van der Waals surface area contributed by atoms with Crippen LogP contribution in [0.4, 0.5) is 0 Å². The van der Waals surface area contributed by atoms with Gasteiger partial charge in [0.25, 0.3) is 0 Å². The third kappa shape index (κ3) is 5.24. The van der Waals surface area contributed by atoms with Gasteiger partial charge in [-0.05, 0) is 53.3 Å². The van der Waals surface area contributed by atoms with Crippen molar-refractivity contribution in [1.29, 1.82) is 0 Å². The van der Waals surface area contributed by atoms with E-state index in [1.807, 2.05) is 55.6 Å². The van der Waals surface area contributed by atoms with E-state index >= 15 is 0 Å². The molecule has 7 nitrogen and oxygen atoms in total. The quantitative estimate of drug-likeness (QED) is 0.192. The minimum atomic E-state index is -1.55. The standard InChI is InChI=1S/C33H30Cl2N4O3/c1-20-16-25(20)31(40)37-14-15-42-32-29(21-6-4-3-5-7-21)30(35)26-17-23(10-13-27(26)38-32)33(41,28-18-36-19-39(28)2)22-8-11-24(34)12-9-22/h3-13,17-20,25,41H,14-16H2,1-2H3,(H,37,40). The molecule has 0 bridgehead atoms. The summed E-state index contributed by atoms with van der Waals surface area (Å²) in [5, 5.41) is 17.0. The number of aromatic nitrogens is 3. The topological polar surface area (TPSA) is 89.3 Å². The average molecular weight is 602 g/mol. The van der Waals surface area contributed by atoms with Crippen molar-refractivity contribution in [3.05, 3.63) is 112 Å². The van der Waals surface area contributed by atoms with Crippen molar-refractivity contribution in [3.8, 4) is 17.0 Å². The SMILES string of the molecule is CC1CC1C(=O)NCCOc1nc2ccc(C(O)(c3ccc(Cl)cc3)c3cncn3C)cc2c(Cl)c1-c1ccccc1. The first kappa shape index (κ1) is 28.2. The highest BCUT2D eigenvalue weighted by atomic mass is 35.5. The number of ether oxygens (including phenoxy) is 1. The Balaban J connectivity index is 1.42. The second kappa shape index (κ2) is 11.4. The van der Waals surface area contributed by atoms with Gasteiger partial charge in [0.2, 0.25) is 11.8 Å². The van der Waals surface area contributed by atoms with E-state index in [0.717, 1.165) is 12.0 Å². The zero-order valence-electron chi connectivity index (χ0n) is 23.2. The number of nitrogens with zero attached hydrogens (tertiary/aromatic N) is 3. The van der Waals surface area contributed by atoms with Crippen molar-refractivity contribution in [2.75, 3.05) is 13.2 Å². The van der Waals surface area contributed by atoms with Gasteiger partial charge in [-0.2, -0.15) is 0 Å². The number of hydrogen-bond donors (Lipinski definition) is 2. The van der Waals surface area contributed by atoms with E-state index in [-0.39, 0.29) is 18.4 Å². The maximum atomic E-state index is 12.4. The van der Waals surface area contributed by atoms with Gasteiger partial charge in [-0.25, -0.2) is 9.97 Å². The van der Waals surface area contributed by atoms with Crippen LogP contribution in [0, 0.1) is 11.8 Å². The third-order valence-electron chi connectivity index (χ3n) is 7.90. The van der Waals surface area contributed by atoms with E-state index in [1.54, 1.807) is 41.4 Å². The molecular formula is C33H30Cl2N4O3. The summed E-state index contributed by atoms with van der Waals surface area (Å²) in [5.41, 5.74) is 2.34. The Morgan fingerprint density at radius 2 is 1.81 bits per heavy atom. The van der Waals surface area contributed by atoms with Crippen LogP contribution in [0.5, 0.6) is 5.88 Å². The maximum absolute atomic E-state index is 12.4. The number of pyridine rings is 1. The minimum Gasteiger partial charge on any atom is -0.475 e. The van der Waals surface area contributed by atoms with E-state index in [2.05, 4.69) is 17.2 Å². The summed E-state index contributed by atoms with van der Waals surface area (Å²) < 4.78 is 7.91. The summed E-state index contributed by atoms with van der Waals surface area (Å²) in [6.07, 6.45) is 4.23. The van der Waals surface area contributed by atoms with Crippen molar-refractivity contribution in [2.24, 2.45) is 18.9 Å². The van der Waals surface area contributed by atoms with Gasteiger partial charge < -0.3 is 19.7 Å². The molecule has 1 saturated carbocycles. The van der Waals surface area contributed by atoms with E-state index in [0.29, 0.717) is 61.7 Å². The van der Waals surface area contributed by atoms with Crippen molar-refractivity contribution in [3.63, 3.8) is 0 Å². The highest BCUT2D eigenvalue weighted by Crippen LogP contribution is 2.43. The Hall–Kier alpha value is -3.91. The molecule has 1 amide bonds. The molecule has 2 N–H and O–H groups in total. The number of carbonyl (C=O) groups excluding carboxylic acids is 1. The molecule has 3 unspecified atom stereocenters. The fraction of sp³-hybridized carbons (Fsp3) is 0.242. The predicted octanol–water partition coefficient (Wildman–Crippen LogP) is 6.38. The lowest BCUT2D eigenvalue weighted by molar-refractivity contribution is -0.122. The Bertz CT molecular complexity index is 1760. The van der Waals surface area contributed by atoms with Crippen LogP contribution in [0.25, 0.3) is 22.0 Å². The van der Waals surface area contributed by atoms with Crippen LogP contribution < -0.4 is 10.1 Å². The predicted molar refractivity (Wildman–Crippen MR) is 165 cm³/mol. The van der Waals surface area contributed by atoms with Gasteiger partial charge in [-0.3, -0.25) is 4.79 Å². The Kier molecular flexibility index (Phi) is 7.66. The Morgan fingerprint density at radius 1 is 1.10 bits per heavy atom. The first-order chi connectivity index (χ1) is 20.3. The van der Waals surface area contributed by atoms with Crippen LogP contribution in [0.1, 0.15) is 30.2 Å². The first-order valence-electron chi connectivity index (χ1n) is 13.8. The molecule has 0 radical (unpaired) electrons. The number of hydrogen-bond acceptors (Lipinski definition) is 5. The zero-order valence-corrected chi connectivity index (χ0v) is 24.7. The largest absolute Gasteiger partial charge is 0.475 e. The Labute approximate surface area is 254 Å². The lowest BCUT2D eigenvalue weighted by atomic mass is 9.83. The molecular weight excluding hydrogens is 571 g/mol. The highest BCUT2D eigenvalue weighted by molar-refractivity contribution is 6.38. The molecule has 6 rings (SSSR count). The number of amides is 1. The fourth-order valence-corrected chi connectivity index (χ4v) is 5.85. The fourth-order valence-electron chi connectivity index (χ4n) is 5.39. The summed E-state index contributed by atoms with van der Waals surface area (Å²) in [7, 11) is 1.84. The smallest absolute Gasteiger partial charge is 0.223 e. The van der Waals surface area contributed by atoms with Gasteiger partial charge in [0.1, 0.15) is 6.61 Å². The minimum absolute atomic E-state index is 0.0630. The van der Waals surface area contributed by atoms with E-state index in [4.69, 9.17) is 32.9 Å². The summed E-state index contributed by atoms with van der Waals surface area (Å²) in [5.74, 6) is 0.981. The van der Waals surface area contributed by atoms with Gasteiger partial charge in [0, 0.05) is 23.4 Å². The molecule has 0 aliphatic heterocycles. The molecule has 42 heavy (non-hydrogen) atoms. The zero-order chi connectivity index (χ0) is 29.4. The lowest BCUT2D eigenvalue weighted by Crippen LogP contribution is -2.31. The van der Waals surface area contributed by atoms with Crippen molar-refractivity contribution >= 4 is 40.0 Å². The Morgan fingerprint density at radius 3 is 2.48 bits per heavy atom. The molecule has 1 aliphatic rings. The van der Waals surface area contributed by atoms with Gasteiger partial charge in [0.15, 0.2) is 5.60 Å². The van der Waals surface area contributed by atoms with Gasteiger partial charge in [-0.15, -0.1) is 0 Å². The van der Waals surface area contributed by atoms with Crippen LogP contribution in [0.15, 0.2) is 85.3 Å². The summed E-state index contributed by atoms with van der Waals surface area (Å²) in [6.45, 7) is 2.69. The number of fused-ring (bicyclic) bond motifs is 1. The highest BCUT2D eigenvalue weighted by Gasteiger charge is 2.39. The van der Waals surface area contributed by atoms with Crippen LogP contribution >= 0.6 is 23.2 Å². The number of nitrogens with one attached hydrogen (secondary N) is 1. The van der Waals surface area contributed by atoms with Gasteiger partial charge in [0.05, 0.1) is 40.9 Å². The summed E-state index contributed by atoms with van der Waals surface area (Å²) in [4.78, 5) is 21.3. The maximum Gasteiger partial charge on any atom is 0.223 e. The second-order valence-electron chi connectivity index (χ2n) is 10.8. The molecule has 0 spiro atoms. The molecule has 9 heteroatoms. The molecule has 3 aromatic carbocycles. The molecule has 0 saturated heterocycles. The van der Waals surface area contributed by atoms with Crippen LogP contribution in [0.2, 0.25) is 10.0 Å². The van der Waals surface area contributed by atoms with Gasteiger partial charge >= 0.3 is 0 Å². The number of benzene rings is 3. The lowest BCUT2D eigenvalue weighted by Gasteiger charge is -2.30. The molecule has 2 aromatic heterocycles. The molecule has 3 atom stereocenters. The van der Waals surface area contributed by atoms with E-state index in [1.165, 1.54) is 0 Å². The first-order valence-corrected chi connectivity index (χ1v) is 14.6. The molecule has 5 aromatic rings. The van der Waals surface area contributed by atoms with Crippen LogP contribution in [-0.4, -0.2) is 38.7 Å². The van der Waals surface area contributed by atoms with E-state index < -0.39 is 5.60 Å². The number of aryl methyl sites for hydroxylation is 1. The molecule has 1 fully saturated rings. The van der Waals surface area contributed by atoms with Gasteiger partial charge in [-0.1, -0.05) is 78.7 Å². The molecule has 2 heterocycles. The number of rotatable bonds is 9. The third-order valence-corrected chi connectivity index (χ3v) is 8.55. The van der Waals surface area contributed by atoms with Crippen LogP contribution in [0.3, 0.4) is 0 Å². The number of halogens is 2. The number of carbonyl (C=O) groups is 1. The normalized spacial score (nSPS) is 17.5. The van der Waals surface area contributed by atoms with E-state index in [9.17, 15) is 9.90 Å². The molecule has 1 aliphatic carbocycles. The van der Waals surface area contributed by atoms with Crippen molar-refractivity contribution in [2.45, 2.75) is 18.9 Å². The van der Waals surface area contributed by atoms with Crippen molar-refractivity contribution in [1.82, 2.24) is 19.9 Å². The van der Waals surface area contributed by atoms with Crippen molar-refractivity contribution < 1.29 is 14.6 Å². The monoisotopic (exact) mass is 600 g/mol. The number of aliphatic hydroxyl groups is 1. The molecule has 214 valence electrons. The second-order valence-corrected chi connectivity index (χ2v) is 11.6. The van der Waals surface area contributed by atoms with Crippen LogP contribution in [-0.2, 0) is 17.4 Å². The summed E-state index contributed by atoms with van der Waals surface area (Å²) >= 11 is 13.3. The average Bonchev–Trinajstić information content (AvgIpc) is 3.58.